The Labute approximate surface area is 128 Å². The maximum atomic E-state index is 12.1. The molecule has 2 aromatic rings. The second-order valence-electron chi connectivity index (χ2n) is 4.58. The van der Waals surface area contributed by atoms with Gasteiger partial charge < -0.3 is 15.8 Å². The van der Waals surface area contributed by atoms with E-state index in [0.717, 1.165) is 16.3 Å². The molecule has 1 unspecified atom stereocenters. The minimum Gasteiger partial charge on any atom is -0.494 e. The van der Waals surface area contributed by atoms with E-state index in [0.29, 0.717) is 18.8 Å². The van der Waals surface area contributed by atoms with Gasteiger partial charge in [-0.2, -0.15) is 0 Å². The molecular formula is C15H19N3O2S. The largest absolute Gasteiger partial charge is 0.494 e. The van der Waals surface area contributed by atoms with E-state index < -0.39 is 0 Å². The molecule has 0 saturated carbocycles. The van der Waals surface area contributed by atoms with Crippen molar-refractivity contribution in [2.75, 3.05) is 6.61 Å². The summed E-state index contributed by atoms with van der Waals surface area (Å²) in [5.74, 6) is 0.583. The topological polar surface area (TPSA) is 77.2 Å². The minimum atomic E-state index is -0.204. The summed E-state index contributed by atoms with van der Waals surface area (Å²) in [5.41, 5.74) is 7.09. The zero-order valence-corrected chi connectivity index (χ0v) is 12.9. The van der Waals surface area contributed by atoms with Crippen molar-refractivity contribution in [2.24, 2.45) is 5.73 Å². The summed E-state index contributed by atoms with van der Waals surface area (Å²) in [7, 11) is 0. The van der Waals surface area contributed by atoms with Crippen LogP contribution in [0.1, 0.15) is 40.9 Å². The number of ether oxygens (including phenoxy) is 1. The number of nitrogens with zero attached hydrogens (tertiary/aromatic N) is 1. The molecule has 0 radical (unpaired) electrons. The summed E-state index contributed by atoms with van der Waals surface area (Å²) < 4.78 is 5.53. The van der Waals surface area contributed by atoms with Crippen LogP contribution in [0.3, 0.4) is 0 Å². The van der Waals surface area contributed by atoms with Crippen LogP contribution in [0.25, 0.3) is 0 Å². The molecule has 5 nitrogen and oxygen atoms in total. The van der Waals surface area contributed by atoms with Gasteiger partial charge in [-0.1, -0.05) is 18.2 Å². The smallest absolute Gasteiger partial charge is 0.271 e. The predicted octanol–water partition coefficient (Wildman–Crippen LogP) is 2.49. The lowest BCUT2D eigenvalue weighted by molar-refractivity contribution is 0.0946. The molecule has 112 valence electrons. The minimum absolute atomic E-state index is 0.157. The first-order chi connectivity index (χ1) is 10.1. The number of rotatable bonds is 6. The standard InChI is InChI=1S/C15H19N3O2S/c1-3-20-13-7-5-4-6-11(13)8-17-14(19)12-9-21-15(18-12)10(2)16/h4-7,9-10H,3,8,16H2,1-2H3,(H,17,19). The van der Waals surface area contributed by atoms with Crippen LogP contribution >= 0.6 is 11.3 Å². The van der Waals surface area contributed by atoms with Crippen molar-refractivity contribution in [3.8, 4) is 5.75 Å². The van der Waals surface area contributed by atoms with E-state index in [-0.39, 0.29) is 11.9 Å². The van der Waals surface area contributed by atoms with Gasteiger partial charge in [0.25, 0.3) is 5.91 Å². The monoisotopic (exact) mass is 305 g/mol. The van der Waals surface area contributed by atoms with Crippen molar-refractivity contribution in [3.63, 3.8) is 0 Å². The van der Waals surface area contributed by atoms with Crippen LogP contribution in [-0.4, -0.2) is 17.5 Å². The molecule has 0 aliphatic heterocycles. The fourth-order valence-electron chi connectivity index (χ4n) is 1.81. The SMILES string of the molecule is CCOc1ccccc1CNC(=O)c1csc(C(C)N)n1. The third kappa shape index (κ3) is 4.03. The average Bonchev–Trinajstić information content (AvgIpc) is 2.96. The Morgan fingerprint density at radius 1 is 1.48 bits per heavy atom. The Bertz CT molecular complexity index is 610. The summed E-state index contributed by atoms with van der Waals surface area (Å²) in [6.45, 7) is 4.77. The molecule has 0 fully saturated rings. The quantitative estimate of drug-likeness (QED) is 0.859. The lowest BCUT2D eigenvalue weighted by Crippen LogP contribution is -2.23. The molecule has 1 amide bonds. The lowest BCUT2D eigenvalue weighted by atomic mass is 10.2. The van der Waals surface area contributed by atoms with Crippen molar-refractivity contribution in [3.05, 3.63) is 45.9 Å². The molecule has 0 aliphatic carbocycles. The van der Waals surface area contributed by atoms with Crippen molar-refractivity contribution >= 4 is 17.2 Å². The molecule has 0 spiro atoms. The van der Waals surface area contributed by atoms with E-state index in [1.165, 1.54) is 11.3 Å². The fourth-order valence-corrected chi connectivity index (χ4v) is 2.57. The molecular weight excluding hydrogens is 286 g/mol. The van der Waals surface area contributed by atoms with Gasteiger partial charge in [0, 0.05) is 17.5 Å². The van der Waals surface area contributed by atoms with Crippen molar-refractivity contribution < 1.29 is 9.53 Å². The zero-order chi connectivity index (χ0) is 15.2. The van der Waals surface area contributed by atoms with Gasteiger partial charge in [-0.3, -0.25) is 4.79 Å². The number of benzene rings is 1. The highest BCUT2D eigenvalue weighted by atomic mass is 32.1. The molecule has 2 rings (SSSR count). The highest BCUT2D eigenvalue weighted by Gasteiger charge is 2.13. The van der Waals surface area contributed by atoms with E-state index >= 15 is 0 Å². The highest BCUT2D eigenvalue weighted by Crippen LogP contribution is 2.18. The van der Waals surface area contributed by atoms with Gasteiger partial charge in [-0.15, -0.1) is 11.3 Å². The maximum absolute atomic E-state index is 12.1. The van der Waals surface area contributed by atoms with Gasteiger partial charge in [0.2, 0.25) is 0 Å². The first-order valence-electron chi connectivity index (χ1n) is 6.81. The van der Waals surface area contributed by atoms with E-state index in [1.54, 1.807) is 5.38 Å². The number of carbonyl (C=O) groups is 1. The van der Waals surface area contributed by atoms with Crippen molar-refractivity contribution in [2.45, 2.75) is 26.4 Å². The van der Waals surface area contributed by atoms with Crippen LogP contribution in [0.2, 0.25) is 0 Å². The fraction of sp³-hybridized carbons (Fsp3) is 0.333. The van der Waals surface area contributed by atoms with Gasteiger partial charge >= 0.3 is 0 Å². The van der Waals surface area contributed by atoms with Crippen LogP contribution in [-0.2, 0) is 6.54 Å². The van der Waals surface area contributed by atoms with E-state index in [4.69, 9.17) is 10.5 Å². The van der Waals surface area contributed by atoms with Crippen LogP contribution in [0, 0.1) is 0 Å². The number of nitrogens with two attached hydrogens (primary N) is 1. The Morgan fingerprint density at radius 2 is 2.24 bits per heavy atom. The molecule has 1 aromatic carbocycles. The molecule has 0 bridgehead atoms. The van der Waals surface area contributed by atoms with Crippen molar-refractivity contribution in [1.82, 2.24) is 10.3 Å². The normalized spacial score (nSPS) is 12.0. The third-order valence-electron chi connectivity index (χ3n) is 2.86. The maximum Gasteiger partial charge on any atom is 0.271 e. The third-order valence-corrected chi connectivity index (χ3v) is 3.90. The molecule has 1 atom stereocenters. The number of nitrogens with one attached hydrogen (secondary N) is 1. The van der Waals surface area contributed by atoms with Crippen LogP contribution in [0.4, 0.5) is 0 Å². The number of para-hydroxylation sites is 1. The lowest BCUT2D eigenvalue weighted by Gasteiger charge is -2.10. The summed E-state index contributed by atoms with van der Waals surface area (Å²) in [6.07, 6.45) is 0. The number of hydrogen-bond acceptors (Lipinski definition) is 5. The number of thiazole rings is 1. The summed E-state index contributed by atoms with van der Waals surface area (Å²) in [6, 6.07) is 7.49. The summed E-state index contributed by atoms with van der Waals surface area (Å²) >= 11 is 1.40. The summed E-state index contributed by atoms with van der Waals surface area (Å²) in [4.78, 5) is 16.3. The average molecular weight is 305 g/mol. The van der Waals surface area contributed by atoms with E-state index in [1.807, 2.05) is 38.1 Å². The molecule has 0 aliphatic rings. The first kappa shape index (κ1) is 15.5. The van der Waals surface area contributed by atoms with Gasteiger partial charge in [0.05, 0.1) is 12.6 Å². The second kappa shape index (κ2) is 7.19. The molecule has 3 N–H and O–H groups in total. The predicted molar refractivity (Wildman–Crippen MR) is 83.5 cm³/mol. The molecule has 1 aromatic heterocycles. The Morgan fingerprint density at radius 3 is 2.90 bits per heavy atom. The van der Waals surface area contributed by atoms with Gasteiger partial charge in [-0.05, 0) is 19.9 Å². The first-order valence-corrected chi connectivity index (χ1v) is 7.69. The van der Waals surface area contributed by atoms with Gasteiger partial charge in [0.15, 0.2) is 0 Å². The number of amides is 1. The van der Waals surface area contributed by atoms with Crippen LogP contribution < -0.4 is 15.8 Å². The Balaban J connectivity index is 2.00. The number of aromatic nitrogens is 1. The molecule has 21 heavy (non-hydrogen) atoms. The van der Waals surface area contributed by atoms with Crippen molar-refractivity contribution in [1.29, 1.82) is 0 Å². The molecule has 1 heterocycles. The van der Waals surface area contributed by atoms with E-state index in [2.05, 4.69) is 10.3 Å². The van der Waals surface area contributed by atoms with Gasteiger partial charge in [0.1, 0.15) is 16.5 Å². The number of hydrogen-bond donors (Lipinski definition) is 2. The van der Waals surface area contributed by atoms with Gasteiger partial charge in [-0.25, -0.2) is 4.98 Å². The van der Waals surface area contributed by atoms with Crippen LogP contribution in [0.5, 0.6) is 5.75 Å². The summed E-state index contributed by atoms with van der Waals surface area (Å²) in [5, 5.41) is 5.33. The highest BCUT2D eigenvalue weighted by molar-refractivity contribution is 7.09. The van der Waals surface area contributed by atoms with E-state index in [9.17, 15) is 4.79 Å². The second-order valence-corrected chi connectivity index (χ2v) is 5.47. The van der Waals surface area contributed by atoms with Crippen LogP contribution in [0.15, 0.2) is 29.6 Å². The Kier molecular flexibility index (Phi) is 5.30. The number of carbonyl (C=O) groups excluding carboxylic acids is 1. The zero-order valence-electron chi connectivity index (χ0n) is 12.1. The Hall–Kier alpha value is -1.92. The molecule has 6 heteroatoms. The molecule has 0 saturated heterocycles.